The predicted molar refractivity (Wildman–Crippen MR) is 71.3 cm³/mol. The Morgan fingerprint density at radius 2 is 2.00 bits per heavy atom. The molecule has 0 aliphatic carbocycles. The van der Waals surface area contributed by atoms with Crippen LogP contribution in [0.3, 0.4) is 0 Å². The van der Waals surface area contributed by atoms with E-state index >= 15 is 0 Å². The van der Waals surface area contributed by atoms with E-state index in [1.165, 1.54) is 11.2 Å². The van der Waals surface area contributed by atoms with Gasteiger partial charge in [-0.25, -0.2) is 4.98 Å². The van der Waals surface area contributed by atoms with Crippen LogP contribution >= 0.6 is 0 Å². The first-order chi connectivity index (χ1) is 9.69. The molecule has 7 heteroatoms. The molecule has 1 N–H and O–H groups in total. The number of aromatic nitrogens is 3. The highest BCUT2D eigenvalue weighted by molar-refractivity contribution is 5.77. The summed E-state index contributed by atoms with van der Waals surface area (Å²) in [7, 11) is 3.28. The number of nitrogens with one attached hydrogen (secondary N) is 1. The van der Waals surface area contributed by atoms with E-state index < -0.39 is 0 Å². The lowest BCUT2D eigenvalue weighted by molar-refractivity contribution is -0.132. The summed E-state index contributed by atoms with van der Waals surface area (Å²) in [6.45, 7) is 0.335. The van der Waals surface area contributed by atoms with Crippen LogP contribution in [0.25, 0.3) is 0 Å². The summed E-state index contributed by atoms with van der Waals surface area (Å²) < 4.78 is 10.5. The Hall–Kier alpha value is -2.57. The van der Waals surface area contributed by atoms with Crippen LogP contribution in [0.1, 0.15) is 5.82 Å². The molecule has 0 aliphatic heterocycles. The molecule has 0 saturated heterocycles. The molecule has 2 aromatic rings. The average Bonchev–Trinajstić information content (AvgIpc) is 2.98. The number of carbonyl (C=O) groups excluding carboxylic acids is 1. The van der Waals surface area contributed by atoms with E-state index in [1.54, 1.807) is 38.4 Å². The topological polar surface area (TPSA) is 80.3 Å². The van der Waals surface area contributed by atoms with Crippen LogP contribution < -0.4 is 9.47 Å². The number of likely N-dealkylation sites (N-methyl/N-ethyl adjacent to an activating group) is 1. The minimum Gasteiger partial charge on any atom is -0.497 e. The Bertz CT molecular complexity index is 539. The standard InChI is InChI=1S/C13H16N4O3/c1-17(7-12-14-9-15-16-12)13(18)8-20-11-5-3-10(19-2)4-6-11/h3-6,9H,7-8H2,1-2H3,(H,14,15,16). The van der Waals surface area contributed by atoms with Crippen molar-refractivity contribution in [2.45, 2.75) is 6.54 Å². The summed E-state index contributed by atoms with van der Waals surface area (Å²) in [5, 5.41) is 6.43. The maximum absolute atomic E-state index is 11.9. The Balaban J connectivity index is 1.81. The molecular weight excluding hydrogens is 260 g/mol. The van der Waals surface area contributed by atoms with Crippen LogP contribution in [0.15, 0.2) is 30.6 Å². The highest BCUT2D eigenvalue weighted by Gasteiger charge is 2.11. The summed E-state index contributed by atoms with van der Waals surface area (Å²) in [5.74, 6) is 1.85. The average molecular weight is 276 g/mol. The van der Waals surface area contributed by atoms with Gasteiger partial charge in [0.05, 0.1) is 13.7 Å². The van der Waals surface area contributed by atoms with Gasteiger partial charge in [-0.3, -0.25) is 9.89 Å². The van der Waals surface area contributed by atoms with Crippen molar-refractivity contribution < 1.29 is 14.3 Å². The number of hydrogen-bond acceptors (Lipinski definition) is 5. The van der Waals surface area contributed by atoms with E-state index in [9.17, 15) is 4.79 Å². The summed E-state index contributed by atoms with van der Waals surface area (Å²) in [6, 6.07) is 7.06. The first-order valence-corrected chi connectivity index (χ1v) is 6.04. The van der Waals surface area contributed by atoms with Gasteiger partial charge in [0.25, 0.3) is 5.91 Å². The zero-order valence-electron chi connectivity index (χ0n) is 11.4. The molecule has 1 heterocycles. The van der Waals surface area contributed by atoms with Crippen LogP contribution in [0.5, 0.6) is 11.5 Å². The highest BCUT2D eigenvalue weighted by atomic mass is 16.5. The molecule has 1 aromatic heterocycles. The van der Waals surface area contributed by atoms with Crippen molar-refractivity contribution in [3.05, 3.63) is 36.4 Å². The SMILES string of the molecule is COc1ccc(OCC(=O)N(C)Cc2ncn[nH]2)cc1. The van der Waals surface area contributed by atoms with E-state index in [1.807, 2.05) is 0 Å². The zero-order chi connectivity index (χ0) is 14.4. The number of aromatic amines is 1. The molecular formula is C13H16N4O3. The Morgan fingerprint density at radius 3 is 2.60 bits per heavy atom. The van der Waals surface area contributed by atoms with Gasteiger partial charge < -0.3 is 14.4 Å². The largest absolute Gasteiger partial charge is 0.497 e. The number of amides is 1. The summed E-state index contributed by atoms with van der Waals surface area (Å²) in [5.41, 5.74) is 0. The van der Waals surface area contributed by atoms with E-state index in [0.29, 0.717) is 18.1 Å². The fourth-order valence-electron chi connectivity index (χ4n) is 1.55. The quantitative estimate of drug-likeness (QED) is 0.846. The van der Waals surface area contributed by atoms with Crippen LogP contribution in [0.2, 0.25) is 0 Å². The molecule has 0 spiro atoms. The van der Waals surface area contributed by atoms with Crippen LogP contribution in [-0.2, 0) is 11.3 Å². The first kappa shape index (κ1) is 13.9. The molecule has 106 valence electrons. The molecule has 0 bridgehead atoms. The van der Waals surface area contributed by atoms with Crippen molar-refractivity contribution >= 4 is 5.91 Å². The molecule has 0 radical (unpaired) electrons. The number of H-pyrrole nitrogens is 1. The lowest BCUT2D eigenvalue weighted by Gasteiger charge is -2.15. The second-order valence-electron chi connectivity index (χ2n) is 4.15. The molecule has 1 amide bonds. The van der Waals surface area contributed by atoms with Gasteiger partial charge in [-0.1, -0.05) is 0 Å². The van der Waals surface area contributed by atoms with E-state index in [-0.39, 0.29) is 12.5 Å². The Morgan fingerprint density at radius 1 is 1.30 bits per heavy atom. The third-order valence-corrected chi connectivity index (χ3v) is 2.70. The van der Waals surface area contributed by atoms with Gasteiger partial charge >= 0.3 is 0 Å². The van der Waals surface area contributed by atoms with Gasteiger partial charge in [-0.15, -0.1) is 0 Å². The fraction of sp³-hybridized carbons (Fsp3) is 0.308. The second kappa shape index (κ2) is 6.55. The lowest BCUT2D eigenvalue weighted by Crippen LogP contribution is -2.31. The van der Waals surface area contributed by atoms with E-state index in [4.69, 9.17) is 9.47 Å². The maximum atomic E-state index is 11.9. The van der Waals surface area contributed by atoms with Crippen molar-refractivity contribution in [2.24, 2.45) is 0 Å². The molecule has 0 saturated carbocycles. The minimum atomic E-state index is -0.141. The number of methoxy groups -OCH3 is 1. The van der Waals surface area contributed by atoms with Crippen LogP contribution in [0.4, 0.5) is 0 Å². The van der Waals surface area contributed by atoms with Crippen molar-refractivity contribution in [1.29, 1.82) is 0 Å². The number of nitrogens with zero attached hydrogens (tertiary/aromatic N) is 3. The van der Waals surface area contributed by atoms with Gasteiger partial charge in [-0.2, -0.15) is 5.10 Å². The maximum Gasteiger partial charge on any atom is 0.260 e. The number of ether oxygens (including phenoxy) is 2. The first-order valence-electron chi connectivity index (χ1n) is 6.04. The number of benzene rings is 1. The third kappa shape index (κ3) is 3.71. The van der Waals surface area contributed by atoms with Gasteiger partial charge in [0.15, 0.2) is 6.61 Å². The predicted octanol–water partition coefficient (Wildman–Crippen LogP) is 0.851. The molecule has 0 unspecified atom stereocenters. The summed E-state index contributed by atoms with van der Waals surface area (Å²) in [4.78, 5) is 17.4. The van der Waals surface area contributed by atoms with Crippen molar-refractivity contribution in [1.82, 2.24) is 20.1 Å². The third-order valence-electron chi connectivity index (χ3n) is 2.70. The normalized spacial score (nSPS) is 10.1. The molecule has 0 atom stereocenters. The molecule has 0 aliphatic rings. The van der Waals surface area contributed by atoms with Crippen LogP contribution in [-0.4, -0.2) is 46.8 Å². The second-order valence-corrected chi connectivity index (χ2v) is 4.15. The minimum absolute atomic E-state index is 0.0308. The lowest BCUT2D eigenvalue weighted by atomic mass is 10.3. The van der Waals surface area contributed by atoms with E-state index in [0.717, 1.165) is 5.75 Å². The van der Waals surface area contributed by atoms with Gasteiger partial charge in [0.1, 0.15) is 23.7 Å². The summed E-state index contributed by atoms with van der Waals surface area (Å²) >= 11 is 0. The monoisotopic (exact) mass is 276 g/mol. The van der Waals surface area contributed by atoms with Crippen molar-refractivity contribution in [3.8, 4) is 11.5 Å². The van der Waals surface area contributed by atoms with Crippen molar-refractivity contribution in [2.75, 3.05) is 20.8 Å². The molecule has 2 rings (SSSR count). The van der Waals surface area contributed by atoms with Gasteiger partial charge in [0, 0.05) is 7.05 Å². The number of hydrogen-bond donors (Lipinski definition) is 1. The van der Waals surface area contributed by atoms with Crippen molar-refractivity contribution in [3.63, 3.8) is 0 Å². The van der Waals surface area contributed by atoms with Gasteiger partial charge in [0.2, 0.25) is 0 Å². The Kier molecular flexibility index (Phi) is 4.54. The highest BCUT2D eigenvalue weighted by Crippen LogP contribution is 2.16. The number of carbonyl (C=O) groups is 1. The fourth-order valence-corrected chi connectivity index (χ4v) is 1.55. The van der Waals surface area contributed by atoms with E-state index in [2.05, 4.69) is 15.2 Å². The number of rotatable bonds is 6. The zero-order valence-corrected chi connectivity index (χ0v) is 11.4. The smallest absolute Gasteiger partial charge is 0.260 e. The van der Waals surface area contributed by atoms with Crippen LogP contribution in [0, 0.1) is 0 Å². The molecule has 20 heavy (non-hydrogen) atoms. The molecule has 7 nitrogen and oxygen atoms in total. The summed E-state index contributed by atoms with van der Waals surface area (Å²) in [6.07, 6.45) is 1.40. The molecule has 0 fully saturated rings. The Labute approximate surface area is 116 Å². The molecule has 1 aromatic carbocycles. The van der Waals surface area contributed by atoms with Gasteiger partial charge in [-0.05, 0) is 24.3 Å².